The van der Waals surface area contributed by atoms with Crippen LogP contribution in [0.25, 0.3) is 0 Å². The van der Waals surface area contributed by atoms with E-state index >= 15 is 0 Å². The second kappa shape index (κ2) is 8.31. The van der Waals surface area contributed by atoms with Crippen LogP contribution in [0.4, 0.5) is 13.2 Å². The van der Waals surface area contributed by atoms with Gasteiger partial charge in [0.25, 0.3) is 0 Å². The molecule has 1 aromatic carbocycles. The van der Waals surface area contributed by atoms with Crippen LogP contribution in [0.5, 0.6) is 0 Å². The molecule has 1 heterocycles. The van der Waals surface area contributed by atoms with Crippen molar-refractivity contribution in [3.8, 4) is 0 Å². The van der Waals surface area contributed by atoms with Crippen LogP contribution in [-0.4, -0.2) is 35.9 Å². The fourth-order valence-electron chi connectivity index (χ4n) is 2.99. The molecule has 1 aliphatic heterocycles. The first kappa shape index (κ1) is 18.5. The van der Waals surface area contributed by atoms with Crippen molar-refractivity contribution < 1.29 is 22.8 Å². The van der Waals surface area contributed by atoms with Crippen molar-refractivity contribution in [2.45, 2.75) is 44.7 Å². The van der Waals surface area contributed by atoms with Gasteiger partial charge in [-0.15, -0.1) is 0 Å². The number of hydrogen-bond acceptors (Lipinski definition) is 2. The third-order valence-corrected chi connectivity index (χ3v) is 4.35. The molecule has 0 radical (unpaired) electrons. The Morgan fingerprint density at radius 2 is 1.83 bits per heavy atom. The smallest absolute Gasteiger partial charge is 0.342 e. The fourth-order valence-corrected chi connectivity index (χ4v) is 2.99. The lowest BCUT2D eigenvalue weighted by atomic mass is 9.90. The molecule has 0 saturated carbocycles. The third kappa shape index (κ3) is 5.98. The number of halogens is 3. The van der Waals surface area contributed by atoms with E-state index in [4.69, 9.17) is 0 Å². The number of aryl methyl sites for hydroxylation is 1. The van der Waals surface area contributed by atoms with Crippen LogP contribution in [0.2, 0.25) is 0 Å². The fraction of sp³-hybridized carbons (Fsp3) is 0.556. The lowest BCUT2D eigenvalue weighted by molar-refractivity contribution is -0.150. The predicted molar refractivity (Wildman–Crippen MR) is 84.4 cm³/mol. The monoisotopic (exact) mass is 341 g/mol. The predicted octanol–water partition coefficient (Wildman–Crippen LogP) is 3.77. The van der Waals surface area contributed by atoms with Crippen LogP contribution < -0.4 is 0 Å². The number of ketones is 1. The van der Waals surface area contributed by atoms with Gasteiger partial charge in [-0.2, -0.15) is 13.2 Å². The van der Waals surface area contributed by atoms with Gasteiger partial charge in [0, 0.05) is 31.8 Å². The van der Waals surface area contributed by atoms with E-state index in [1.807, 2.05) is 30.3 Å². The Hall–Kier alpha value is -1.85. The number of carbonyl (C=O) groups is 2. The van der Waals surface area contributed by atoms with E-state index in [0.29, 0.717) is 32.2 Å². The Kier molecular flexibility index (Phi) is 6.40. The van der Waals surface area contributed by atoms with Crippen molar-refractivity contribution in [2.75, 3.05) is 13.1 Å². The van der Waals surface area contributed by atoms with E-state index in [2.05, 4.69) is 0 Å². The average molecular weight is 341 g/mol. The van der Waals surface area contributed by atoms with Crippen molar-refractivity contribution in [1.82, 2.24) is 4.90 Å². The molecule has 3 nitrogen and oxygen atoms in total. The molecule has 6 heteroatoms. The highest BCUT2D eigenvalue weighted by atomic mass is 19.4. The van der Waals surface area contributed by atoms with Gasteiger partial charge in [-0.3, -0.25) is 9.59 Å². The molecule has 0 bridgehead atoms. The number of carbonyl (C=O) groups excluding carboxylic acids is 2. The first-order valence-electron chi connectivity index (χ1n) is 8.26. The molecule has 1 aliphatic rings. The summed E-state index contributed by atoms with van der Waals surface area (Å²) in [5, 5.41) is 0. The summed E-state index contributed by atoms with van der Waals surface area (Å²) in [7, 11) is 0. The van der Waals surface area contributed by atoms with Gasteiger partial charge in [-0.1, -0.05) is 30.3 Å². The van der Waals surface area contributed by atoms with Crippen LogP contribution in [-0.2, 0) is 16.0 Å². The van der Waals surface area contributed by atoms with E-state index < -0.39 is 24.9 Å². The van der Waals surface area contributed by atoms with Gasteiger partial charge in [0.15, 0.2) is 0 Å². The number of amides is 1. The van der Waals surface area contributed by atoms with E-state index in [0.717, 1.165) is 5.56 Å². The van der Waals surface area contributed by atoms with E-state index in [-0.39, 0.29) is 18.2 Å². The molecular weight excluding hydrogens is 319 g/mol. The molecule has 1 amide bonds. The van der Waals surface area contributed by atoms with Gasteiger partial charge >= 0.3 is 6.18 Å². The number of nitrogens with zero attached hydrogens (tertiary/aromatic N) is 1. The number of piperidine rings is 1. The maximum atomic E-state index is 12.3. The molecule has 1 atom stereocenters. The van der Waals surface area contributed by atoms with Crippen LogP contribution >= 0.6 is 0 Å². The second-order valence-electron chi connectivity index (χ2n) is 6.25. The molecule has 0 aliphatic carbocycles. The Labute approximate surface area is 139 Å². The standard InChI is InChI=1S/C18H22F3NO2/c19-18(20,21)11-10-17(24)22-12-4-7-15(13-22)16(23)9-8-14-5-2-1-3-6-14/h1-3,5-6,15H,4,7-13H2/t15-/m0/s1. The van der Waals surface area contributed by atoms with Crippen molar-refractivity contribution >= 4 is 11.7 Å². The minimum Gasteiger partial charge on any atom is -0.342 e. The van der Waals surface area contributed by atoms with Gasteiger partial charge in [-0.25, -0.2) is 0 Å². The Balaban J connectivity index is 1.81. The molecule has 24 heavy (non-hydrogen) atoms. The van der Waals surface area contributed by atoms with E-state index in [9.17, 15) is 22.8 Å². The lowest BCUT2D eigenvalue weighted by Crippen LogP contribution is -2.42. The van der Waals surface area contributed by atoms with Gasteiger partial charge in [0.1, 0.15) is 5.78 Å². The molecule has 0 unspecified atom stereocenters. The summed E-state index contributed by atoms with van der Waals surface area (Å²) >= 11 is 0. The van der Waals surface area contributed by atoms with E-state index in [1.165, 1.54) is 4.90 Å². The number of benzene rings is 1. The Morgan fingerprint density at radius 3 is 2.50 bits per heavy atom. The summed E-state index contributed by atoms with van der Waals surface area (Å²) < 4.78 is 36.7. The van der Waals surface area contributed by atoms with Crippen LogP contribution in [0.15, 0.2) is 30.3 Å². The molecule has 1 fully saturated rings. The molecule has 0 N–H and O–H groups in total. The zero-order valence-electron chi connectivity index (χ0n) is 13.5. The SMILES string of the molecule is O=C(CCc1ccccc1)[C@H]1CCCN(C(=O)CCC(F)(F)F)C1. The van der Waals surface area contributed by atoms with Crippen LogP contribution in [0, 0.1) is 5.92 Å². The van der Waals surface area contributed by atoms with Gasteiger partial charge in [0.2, 0.25) is 5.91 Å². The Bertz CT molecular complexity index is 557. The number of alkyl halides is 3. The van der Waals surface area contributed by atoms with Crippen molar-refractivity contribution in [2.24, 2.45) is 5.92 Å². The summed E-state index contributed by atoms with van der Waals surface area (Å²) in [5.41, 5.74) is 1.08. The zero-order chi connectivity index (χ0) is 17.6. The van der Waals surface area contributed by atoms with Gasteiger partial charge < -0.3 is 4.90 Å². The third-order valence-electron chi connectivity index (χ3n) is 4.35. The number of Topliss-reactive ketones (excluding diaryl/α,β-unsaturated/α-hetero) is 1. The molecule has 2 rings (SSSR count). The van der Waals surface area contributed by atoms with Crippen LogP contribution in [0.1, 0.15) is 37.7 Å². The molecule has 0 aromatic heterocycles. The summed E-state index contributed by atoms with van der Waals surface area (Å²) in [4.78, 5) is 25.7. The van der Waals surface area contributed by atoms with Gasteiger partial charge in [0.05, 0.1) is 6.42 Å². The highest BCUT2D eigenvalue weighted by molar-refractivity contribution is 5.83. The molecule has 0 spiro atoms. The molecule has 1 aromatic rings. The second-order valence-corrected chi connectivity index (χ2v) is 6.25. The highest BCUT2D eigenvalue weighted by Gasteiger charge is 2.32. The largest absolute Gasteiger partial charge is 0.389 e. The summed E-state index contributed by atoms with van der Waals surface area (Å²) in [6.07, 6.45) is -3.53. The molecular formula is C18H22F3NO2. The highest BCUT2D eigenvalue weighted by Crippen LogP contribution is 2.24. The summed E-state index contributed by atoms with van der Waals surface area (Å²) in [6, 6.07) is 9.67. The first-order valence-corrected chi connectivity index (χ1v) is 8.26. The minimum atomic E-state index is -4.32. The van der Waals surface area contributed by atoms with Crippen molar-refractivity contribution in [3.05, 3.63) is 35.9 Å². The lowest BCUT2D eigenvalue weighted by Gasteiger charge is -2.32. The van der Waals surface area contributed by atoms with Crippen molar-refractivity contribution in [1.29, 1.82) is 0 Å². The maximum Gasteiger partial charge on any atom is 0.389 e. The number of rotatable bonds is 6. The average Bonchev–Trinajstić information content (AvgIpc) is 2.58. The quantitative estimate of drug-likeness (QED) is 0.790. The first-order chi connectivity index (χ1) is 11.3. The van der Waals surface area contributed by atoms with Gasteiger partial charge in [-0.05, 0) is 24.8 Å². The zero-order valence-corrected chi connectivity index (χ0v) is 13.5. The minimum absolute atomic E-state index is 0.0900. The summed E-state index contributed by atoms with van der Waals surface area (Å²) in [6.45, 7) is 0.698. The van der Waals surface area contributed by atoms with Crippen molar-refractivity contribution in [3.63, 3.8) is 0 Å². The topological polar surface area (TPSA) is 37.4 Å². The molecule has 1 saturated heterocycles. The Morgan fingerprint density at radius 1 is 1.12 bits per heavy atom. The maximum absolute atomic E-state index is 12.3. The summed E-state index contributed by atoms with van der Waals surface area (Å²) in [5.74, 6) is -0.669. The number of hydrogen-bond donors (Lipinski definition) is 0. The van der Waals surface area contributed by atoms with Crippen LogP contribution in [0.3, 0.4) is 0 Å². The number of likely N-dealkylation sites (tertiary alicyclic amines) is 1. The normalized spacial score (nSPS) is 18.5. The van der Waals surface area contributed by atoms with E-state index in [1.54, 1.807) is 0 Å². The molecule has 132 valence electrons.